The third-order valence-corrected chi connectivity index (χ3v) is 3.71. The molecule has 0 heterocycles. The number of carbonyl (C=O) groups is 1. The Balaban J connectivity index is 2.92. The van der Waals surface area contributed by atoms with E-state index < -0.39 is 5.82 Å². The first kappa shape index (κ1) is 16.0. The summed E-state index contributed by atoms with van der Waals surface area (Å²) in [6, 6.07) is 4.38. The monoisotopic (exact) mass is 346 g/mol. The van der Waals surface area contributed by atoms with E-state index in [4.69, 9.17) is 18.0 Å². The summed E-state index contributed by atoms with van der Waals surface area (Å²) in [4.78, 5) is 14.1. The van der Waals surface area contributed by atoms with Gasteiger partial charge in [0, 0.05) is 23.5 Å². The Morgan fingerprint density at radius 3 is 2.68 bits per heavy atom. The Morgan fingerprint density at radius 2 is 2.21 bits per heavy atom. The molecule has 19 heavy (non-hydrogen) atoms. The minimum atomic E-state index is -0.541. The van der Waals surface area contributed by atoms with E-state index in [1.54, 1.807) is 6.07 Å². The van der Waals surface area contributed by atoms with Crippen molar-refractivity contribution >= 4 is 39.0 Å². The quantitative estimate of drug-likeness (QED) is 0.833. The number of benzene rings is 1. The molecule has 0 aliphatic heterocycles. The second kappa shape index (κ2) is 6.96. The van der Waals surface area contributed by atoms with Gasteiger partial charge in [0.05, 0.1) is 10.6 Å². The van der Waals surface area contributed by atoms with Crippen LogP contribution in [0, 0.1) is 11.7 Å². The van der Waals surface area contributed by atoms with Crippen LogP contribution in [0.2, 0.25) is 0 Å². The molecule has 0 aliphatic carbocycles. The predicted octanol–water partition coefficient (Wildman–Crippen LogP) is 2.97. The summed E-state index contributed by atoms with van der Waals surface area (Å²) in [5, 5.41) is 0. The maximum atomic E-state index is 13.8. The van der Waals surface area contributed by atoms with Gasteiger partial charge in [-0.2, -0.15) is 0 Å². The predicted molar refractivity (Wildman–Crippen MR) is 81.6 cm³/mol. The van der Waals surface area contributed by atoms with Gasteiger partial charge in [-0.15, -0.1) is 0 Å². The smallest absolute Gasteiger partial charge is 0.256 e. The number of amides is 1. The SMILES string of the molecule is CCN(CC(C)C(N)=S)C(=O)c1ccc(Br)cc1F. The van der Waals surface area contributed by atoms with Crippen molar-refractivity contribution in [3.63, 3.8) is 0 Å². The third-order valence-electron chi connectivity index (χ3n) is 2.81. The van der Waals surface area contributed by atoms with E-state index in [0.29, 0.717) is 22.6 Å². The van der Waals surface area contributed by atoms with Gasteiger partial charge in [-0.25, -0.2) is 4.39 Å². The number of nitrogens with zero attached hydrogens (tertiary/aromatic N) is 1. The molecule has 1 amide bonds. The van der Waals surface area contributed by atoms with Crippen LogP contribution in [0.3, 0.4) is 0 Å². The first-order chi connectivity index (χ1) is 8.86. The number of hydrogen-bond acceptors (Lipinski definition) is 2. The Labute approximate surface area is 126 Å². The highest BCUT2D eigenvalue weighted by atomic mass is 79.9. The second-order valence-corrected chi connectivity index (χ2v) is 5.66. The number of rotatable bonds is 5. The number of carbonyl (C=O) groups excluding carboxylic acids is 1. The van der Waals surface area contributed by atoms with Crippen molar-refractivity contribution < 1.29 is 9.18 Å². The molecule has 1 aromatic rings. The zero-order valence-corrected chi connectivity index (χ0v) is 13.2. The van der Waals surface area contributed by atoms with Crippen LogP contribution in [0.15, 0.2) is 22.7 Å². The van der Waals surface area contributed by atoms with E-state index >= 15 is 0 Å². The topological polar surface area (TPSA) is 46.3 Å². The first-order valence-corrected chi connectivity index (χ1v) is 7.10. The van der Waals surface area contributed by atoms with Crippen LogP contribution in [0.1, 0.15) is 24.2 Å². The molecule has 1 atom stereocenters. The van der Waals surface area contributed by atoms with Crippen LogP contribution in [-0.4, -0.2) is 28.9 Å². The van der Waals surface area contributed by atoms with Gasteiger partial charge in [0.25, 0.3) is 5.91 Å². The van der Waals surface area contributed by atoms with E-state index in [0.717, 1.165) is 0 Å². The zero-order valence-electron chi connectivity index (χ0n) is 10.8. The molecule has 6 heteroatoms. The summed E-state index contributed by atoms with van der Waals surface area (Å²) in [6.45, 7) is 4.54. The number of thiocarbonyl (C=S) groups is 1. The lowest BCUT2D eigenvalue weighted by Gasteiger charge is -2.24. The van der Waals surface area contributed by atoms with Gasteiger partial charge in [0.2, 0.25) is 0 Å². The van der Waals surface area contributed by atoms with E-state index in [2.05, 4.69) is 15.9 Å². The van der Waals surface area contributed by atoms with Crippen LogP contribution < -0.4 is 5.73 Å². The van der Waals surface area contributed by atoms with Crippen LogP contribution >= 0.6 is 28.1 Å². The van der Waals surface area contributed by atoms with Crippen LogP contribution in [0.5, 0.6) is 0 Å². The van der Waals surface area contributed by atoms with E-state index in [1.807, 2.05) is 13.8 Å². The van der Waals surface area contributed by atoms with Gasteiger partial charge in [-0.05, 0) is 25.1 Å². The first-order valence-electron chi connectivity index (χ1n) is 5.90. The largest absolute Gasteiger partial charge is 0.393 e. The van der Waals surface area contributed by atoms with E-state index in [-0.39, 0.29) is 17.4 Å². The molecule has 1 aromatic carbocycles. The standard InChI is InChI=1S/C13H16BrFN2OS/c1-3-17(7-8(2)12(16)19)13(18)10-5-4-9(14)6-11(10)15/h4-6,8H,3,7H2,1-2H3,(H2,16,19). The second-order valence-electron chi connectivity index (χ2n) is 4.27. The van der Waals surface area contributed by atoms with Crippen molar-refractivity contribution in [2.75, 3.05) is 13.1 Å². The number of hydrogen-bond donors (Lipinski definition) is 1. The lowest BCUT2D eigenvalue weighted by Crippen LogP contribution is -2.38. The minimum Gasteiger partial charge on any atom is -0.393 e. The molecule has 0 saturated heterocycles. The van der Waals surface area contributed by atoms with Crippen LogP contribution in [0.4, 0.5) is 4.39 Å². The fourth-order valence-corrected chi connectivity index (χ4v) is 2.02. The van der Waals surface area contributed by atoms with Crippen molar-refractivity contribution in [1.82, 2.24) is 4.90 Å². The lowest BCUT2D eigenvalue weighted by atomic mass is 10.1. The van der Waals surface area contributed by atoms with Crippen molar-refractivity contribution in [2.24, 2.45) is 11.7 Å². The molecule has 0 aliphatic rings. The molecule has 2 N–H and O–H groups in total. The minimum absolute atomic E-state index is 0.0557. The number of nitrogens with two attached hydrogens (primary N) is 1. The molecule has 0 spiro atoms. The molecule has 1 unspecified atom stereocenters. The maximum Gasteiger partial charge on any atom is 0.256 e. The number of halogens is 2. The Morgan fingerprint density at radius 1 is 1.58 bits per heavy atom. The molecule has 0 radical (unpaired) electrons. The summed E-state index contributed by atoms with van der Waals surface area (Å²) in [5.41, 5.74) is 5.60. The molecular formula is C13H16BrFN2OS. The lowest BCUT2D eigenvalue weighted by molar-refractivity contribution is 0.0750. The average Bonchev–Trinajstić information content (AvgIpc) is 2.34. The molecule has 0 aromatic heterocycles. The Bertz CT molecular complexity index is 496. The van der Waals surface area contributed by atoms with E-state index in [1.165, 1.54) is 17.0 Å². The molecule has 3 nitrogen and oxygen atoms in total. The van der Waals surface area contributed by atoms with Gasteiger partial charge >= 0.3 is 0 Å². The zero-order chi connectivity index (χ0) is 14.6. The van der Waals surface area contributed by atoms with Gasteiger partial charge in [-0.3, -0.25) is 4.79 Å². The summed E-state index contributed by atoms with van der Waals surface area (Å²) >= 11 is 8.05. The molecule has 0 bridgehead atoms. The van der Waals surface area contributed by atoms with Crippen molar-refractivity contribution in [3.05, 3.63) is 34.1 Å². The molecule has 0 saturated carbocycles. The average molecular weight is 347 g/mol. The summed E-state index contributed by atoms with van der Waals surface area (Å²) in [5.74, 6) is -0.992. The highest BCUT2D eigenvalue weighted by molar-refractivity contribution is 9.10. The van der Waals surface area contributed by atoms with Gasteiger partial charge < -0.3 is 10.6 Å². The maximum absolute atomic E-state index is 13.8. The van der Waals surface area contributed by atoms with E-state index in [9.17, 15) is 9.18 Å². The van der Waals surface area contributed by atoms with Gasteiger partial charge in [-0.1, -0.05) is 35.1 Å². The van der Waals surface area contributed by atoms with Crippen molar-refractivity contribution in [2.45, 2.75) is 13.8 Å². The highest BCUT2D eigenvalue weighted by Gasteiger charge is 2.20. The fourth-order valence-electron chi connectivity index (χ4n) is 1.61. The summed E-state index contributed by atoms with van der Waals surface area (Å²) in [6.07, 6.45) is 0. The van der Waals surface area contributed by atoms with Crippen molar-refractivity contribution in [3.8, 4) is 0 Å². The van der Waals surface area contributed by atoms with Crippen LogP contribution in [-0.2, 0) is 0 Å². The van der Waals surface area contributed by atoms with Crippen molar-refractivity contribution in [1.29, 1.82) is 0 Å². The van der Waals surface area contributed by atoms with Gasteiger partial charge in [0.15, 0.2) is 0 Å². The summed E-state index contributed by atoms with van der Waals surface area (Å²) in [7, 11) is 0. The summed E-state index contributed by atoms with van der Waals surface area (Å²) < 4.78 is 14.4. The Kier molecular flexibility index (Phi) is 5.87. The highest BCUT2D eigenvalue weighted by Crippen LogP contribution is 2.17. The molecule has 1 rings (SSSR count). The third kappa shape index (κ3) is 4.24. The fraction of sp³-hybridized carbons (Fsp3) is 0.385. The van der Waals surface area contributed by atoms with Crippen LogP contribution in [0.25, 0.3) is 0 Å². The molecule has 0 fully saturated rings. The normalized spacial score (nSPS) is 12.0. The van der Waals surface area contributed by atoms with Gasteiger partial charge in [0.1, 0.15) is 5.82 Å². The molecule has 104 valence electrons. The Hall–Kier alpha value is -1.01. The molecular weight excluding hydrogens is 331 g/mol.